The van der Waals surface area contributed by atoms with Gasteiger partial charge in [-0.1, -0.05) is 0 Å². The molecule has 3 heteroatoms. The van der Waals surface area contributed by atoms with Gasteiger partial charge in [-0.25, -0.2) is 0 Å². The maximum atomic E-state index is 7.63. The zero-order chi connectivity index (χ0) is 3.41. The zero-order valence-electron chi connectivity index (χ0n) is 1.83. The summed E-state index contributed by atoms with van der Waals surface area (Å²) >= 11 is 2.64. The normalized spacial score (nSPS) is 5.00. The van der Waals surface area contributed by atoms with Gasteiger partial charge < -0.3 is 0 Å². The first-order valence-corrected chi connectivity index (χ1v) is 6.63. The molecular weight excluding hydrogens is 179 g/mol. The Morgan fingerprint density at radius 2 is 2.25 bits per heavy atom. The van der Waals surface area contributed by atoms with E-state index in [0.717, 1.165) is 0 Å². The molecule has 0 spiro atoms. The van der Waals surface area contributed by atoms with Crippen LogP contribution < -0.4 is 0 Å². The molecule has 0 amide bonds. The molecule has 0 heterocycles. The van der Waals surface area contributed by atoms with Crippen molar-refractivity contribution in [3.05, 3.63) is 0 Å². The van der Waals surface area contributed by atoms with Gasteiger partial charge in [-0.15, -0.1) is 0 Å². The quantitative estimate of drug-likeness (QED) is 0.495. The summed E-state index contributed by atoms with van der Waals surface area (Å²) in [6.45, 7) is 0. The van der Waals surface area contributed by atoms with E-state index in [2.05, 4.69) is 14.0 Å². The molecule has 0 unspecified atom stereocenters. The molecule has 0 aliphatic heterocycles. The molecule has 0 fully saturated rings. The van der Waals surface area contributed by atoms with Gasteiger partial charge in [0.1, 0.15) is 0 Å². The molecule has 0 saturated heterocycles. The molecule has 0 aromatic heterocycles. The molecule has 0 atom stereocenters. The van der Waals surface area contributed by atoms with Crippen molar-refractivity contribution in [2.75, 3.05) is 0 Å². The number of nitriles is 1. The van der Waals surface area contributed by atoms with Gasteiger partial charge in [-0.05, 0) is 0 Å². The van der Waals surface area contributed by atoms with Crippen molar-refractivity contribution in [2.45, 2.75) is 0 Å². The van der Waals surface area contributed by atoms with Crippen LogP contribution in [0.1, 0.15) is 0 Å². The maximum absolute atomic E-state index is 7.63. The third-order valence-corrected chi connectivity index (χ3v) is 1.14. The van der Waals surface area contributed by atoms with Gasteiger partial charge in [-0.3, -0.25) is 0 Å². The van der Waals surface area contributed by atoms with Gasteiger partial charge in [0.15, 0.2) is 0 Å². The molecule has 0 aliphatic rings. The summed E-state index contributed by atoms with van der Waals surface area (Å²) in [5.41, 5.74) is 0. The number of hydrogen-bond donors (Lipinski definition) is 0. The first-order chi connectivity index (χ1) is 1.91. The summed E-state index contributed by atoms with van der Waals surface area (Å²) in [7, 11) is 0. The Balaban J connectivity index is 2.43. The molecule has 0 aromatic rings. The average Bonchev–Trinajstić information content (AvgIpc) is 1.37. The van der Waals surface area contributed by atoms with Crippen LogP contribution >= 0.6 is 14.0 Å². The Hall–Kier alpha value is 0.513. The molecule has 0 N–H and O–H groups in total. The summed E-state index contributed by atoms with van der Waals surface area (Å²) in [4.78, 5) is 1.97. The summed E-state index contributed by atoms with van der Waals surface area (Å²) in [5, 5.41) is 7.63. The van der Waals surface area contributed by atoms with Gasteiger partial charge in [-0.2, -0.15) is 0 Å². The van der Waals surface area contributed by atoms with Crippen LogP contribution in [0.2, 0.25) is 0 Å². The van der Waals surface area contributed by atoms with Crippen molar-refractivity contribution >= 4 is 27.6 Å². The minimum absolute atomic E-state index is 0.368. The van der Waals surface area contributed by atoms with Crippen LogP contribution in [0.15, 0.2) is 0 Å². The summed E-state index contributed by atoms with van der Waals surface area (Å²) in [6, 6.07) is 0. The Labute approximate surface area is 38.1 Å². The molecule has 0 rings (SSSR count). The van der Waals surface area contributed by atoms with E-state index in [0.29, 0.717) is 0 Å². The first-order valence-electron chi connectivity index (χ1n) is 0.663. The van der Waals surface area contributed by atoms with Gasteiger partial charge >= 0.3 is 37.8 Å². The zero-order valence-corrected chi connectivity index (χ0v) is 5.51. The van der Waals surface area contributed by atoms with E-state index in [9.17, 15) is 0 Å². The topological polar surface area (TPSA) is 23.8 Å². The molecular formula is CBrGeN. The Bertz CT molecular complexity index is 37.8. The third kappa shape index (κ3) is 2.51. The Kier molecular flexibility index (Phi) is 3.96. The van der Waals surface area contributed by atoms with Crippen LogP contribution in [0, 0.1) is 10.2 Å². The molecule has 4 heavy (non-hydrogen) atoms. The van der Waals surface area contributed by atoms with Gasteiger partial charge in [0.2, 0.25) is 0 Å². The second-order valence-electron chi connectivity index (χ2n) is 0.206. The van der Waals surface area contributed by atoms with E-state index in [1.165, 1.54) is 0 Å². The molecule has 0 saturated carbocycles. The Morgan fingerprint density at radius 3 is 2.25 bits per heavy atom. The monoisotopic (exact) mass is 179 g/mol. The van der Waals surface area contributed by atoms with Crippen molar-refractivity contribution in [3.8, 4) is 4.90 Å². The van der Waals surface area contributed by atoms with E-state index in [1.807, 2.05) is 4.90 Å². The van der Waals surface area contributed by atoms with Crippen molar-refractivity contribution in [1.82, 2.24) is 0 Å². The van der Waals surface area contributed by atoms with Crippen LogP contribution in [-0.2, 0) is 0 Å². The van der Waals surface area contributed by atoms with Crippen LogP contribution in [0.5, 0.6) is 0 Å². The molecule has 2 radical (unpaired) electrons. The average molecular weight is 179 g/mol. The van der Waals surface area contributed by atoms with Gasteiger partial charge in [0.25, 0.3) is 0 Å². The van der Waals surface area contributed by atoms with Crippen molar-refractivity contribution in [3.63, 3.8) is 0 Å². The summed E-state index contributed by atoms with van der Waals surface area (Å²) < 4.78 is 0. The molecule has 0 aromatic carbocycles. The van der Waals surface area contributed by atoms with E-state index < -0.39 is 0 Å². The van der Waals surface area contributed by atoms with E-state index in [1.54, 1.807) is 0 Å². The SMILES string of the molecule is N#[C][Ge][Br]. The van der Waals surface area contributed by atoms with Gasteiger partial charge in [0.05, 0.1) is 0 Å². The standard InChI is InChI=1S/CBrGeN/c2-3-1-4. The molecule has 20 valence electrons. The third-order valence-electron chi connectivity index (χ3n) is 0.0423. The van der Waals surface area contributed by atoms with Crippen LogP contribution in [-0.4, -0.2) is 13.6 Å². The van der Waals surface area contributed by atoms with Crippen LogP contribution in [0.25, 0.3) is 0 Å². The number of rotatable bonds is 0. The number of halogens is 1. The van der Waals surface area contributed by atoms with Crippen molar-refractivity contribution in [2.24, 2.45) is 0 Å². The fourth-order valence-electron chi connectivity index (χ4n) is 0. The number of hydrogen-bond acceptors (Lipinski definition) is 1. The van der Waals surface area contributed by atoms with Crippen molar-refractivity contribution in [1.29, 1.82) is 5.26 Å². The second kappa shape index (κ2) is 3.51. The van der Waals surface area contributed by atoms with Crippen molar-refractivity contribution < 1.29 is 0 Å². The predicted molar refractivity (Wildman–Crippen MR) is 20.3 cm³/mol. The van der Waals surface area contributed by atoms with E-state index in [4.69, 9.17) is 5.26 Å². The first kappa shape index (κ1) is 4.51. The van der Waals surface area contributed by atoms with E-state index in [-0.39, 0.29) is 13.6 Å². The molecule has 1 nitrogen and oxygen atoms in total. The van der Waals surface area contributed by atoms with Crippen LogP contribution in [0.4, 0.5) is 0 Å². The minimum atomic E-state index is -0.368. The number of nitrogens with zero attached hydrogens (tertiary/aromatic N) is 1. The Morgan fingerprint density at radius 1 is 2.00 bits per heavy atom. The fourth-order valence-corrected chi connectivity index (χ4v) is 0. The second-order valence-corrected chi connectivity index (χ2v) is 3.13. The van der Waals surface area contributed by atoms with E-state index >= 15 is 0 Å². The molecule has 0 aliphatic carbocycles. The summed E-state index contributed by atoms with van der Waals surface area (Å²) in [5.74, 6) is 0. The fraction of sp³-hybridized carbons (Fsp3) is 0. The summed E-state index contributed by atoms with van der Waals surface area (Å²) in [6.07, 6.45) is 0. The molecule has 0 bridgehead atoms. The van der Waals surface area contributed by atoms with Crippen LogP contribution in [0.3, 0.4) is 0 Å². The van der Waals surface area contributed by atoms with Gasteiger partial charge in [0, 0.05) is 0 Å². The predicted octanol–water partition coefficient (Wildman–Crippen LogP) is 0.482.